The third-order valence-electron chi connectivity index (χ3n) is 1.21. The molecule has 0 amide bonds. The van der Waals surface area contributed by atoms with Gasteiger partial charge in [0, 0.05) is 0 Å². The molecule has 0 aromatic heterocycles. The van der Waals surface area contributed by atoms with E-state index < -0.39 is 11.6 Å². The lowest BCUT2D eigenvalue weighted by atomic mass is 10.3. The molecule has 0 aliphatic heterocycles. The maximum atomic E-state index is 12.8. The molecular formula is C7H5ClF2S. The van der Waals surface area contributed by atoms with Gasteiger partial charge in [-0.3, -0.25) is 0 Å². The molecule has 0 heterocycles. The van der Waals surface area contributed by atoms with Gasteiger partial charge in [-0.2, -0.15) is 0 Å². The zero-order valence-electron chi connectivity index (χ0n) is 5.70. The molecule has 0 spiro atoms. The van der Waals surface area contributed by atoms with Crippen LogP contribution in [0.1, 0.15) is 0 Å². The van der Waals surface area contributed by atoms with Gasteiger partial charge in [-0.25, -0.2) is 8.78 Å². The van der Waals surface area contributed by atoms with Gasteiger partial charge in [-0.05, 0) is 18.4 Å². The molecule has 60 valence electrons. The Hall–Kier alpha value is -0.280. The van der Waals surface area contributed by atoms with Gasteiger partial charge in [0.25, 0.3) is 0 Å². The summed E-state index contributed by atoms with van der Waals surface area (Å²) in [5.41, 5.74) is 0. The molecule has 0 aliphatic carbocycles. The molecule has 0 nitrogen and oxygen atoms in total. The first-order valence-electron chi connectivity index (χ1n) is 2.84. The summed E-state index contributed by atoms with van der Waals surface area (Å²) in [5, 5.41) is 0.247. The van der Waals surface area contributed by atoms with Crippen molar-refractivity contribution < 1.29 is 8.78 Å². The quantitative estimate of drug-likeness (QED) is 0.488. The molecule has 0 aliphatic rings. The molecule has 4 heteroatoms. The van der Waals surface area contributed by atoms with Crippen molar-refractivity contribution in [3.63, 3.8) is 0 Å². The smallest absolute Gasteiger partial charge is 0.173 e. The average molecular weight is 195 g/mol. The fourth-order valence-corrected chi connectivity index (χ4v) is 1.61. The number of thioether (sulfide) groups is 1. The Balaban J connectivity index is 3.29. The standard InChI is InChI=1S/C7H5ClF2S/c1-11-7-4(8)2-3-5(9)6(7)10/h2-3H,1H3. The fraction of sp³-hybridized carbons (Fsp3) is 0.143. The summed E-state index contributed by atoms with van der Waals surface area (Å²) in [5.74, 6) is -1.73. The van der Waals surface area contributed by atoms with E-state index in [1.54, 1.807) is 6.26 Å². The third-order valence-corrected chi connectivity index (χ3v) is 2.44. The lowest BCUT2D eigenvalue weighted by Crippen LogP contribution is -1.87. The first-order chi connectivity index (χ1) is 5.16. The molecule has 0 N–H and O–H groups in total. The highest BCUT2D eigenvalue weighted by atomic mass is 35.5. The average Bonchev–Trinajstić information content (AvgIpc) is 1.99. The van der Waals surface area contributed by atoms with Crippen LogP contribution in [0.3, 0.4) is 0 Å². The van der Waals surface area contributed by atoms with E-state index in [1.165, 1.54) is 6.07 Å². The van der Waals surface area contributed by atoms with E-state index in [2.05, 4.69) is 0 Å². The highest BCUT2D eigenvalue weighted by molar-refractivity contribution is 7.98. The highest BCUT2D eigenvalue weighted by Gasteiger charge is 2.10. The molecule has 0 unspecified atom stereocenters. The summed E-state index contributed by atoms with van der Waals surface area (Å²) in [6.45, 7) is 0. The first kappa shape index (κ1) is 8.81. The van der Waals surface area contributed by atoms with Crippen LogP contribution in [0.15, 0.2) is 17.0 Å². The SMILES string of the molecule is CSc1c(Cl)ccc(F)c1F. The summed E-state index contributed by atoms with van der Waals surface area (Å²) in [6.07, 6.45) is 1.64. The predicted molar refractivity (Wildman–Crippen MR) is 43.1 cm³/mol. The monoisotopic (exact) mass is 194 g/mol. The fourth-order valence-electron chi connectivity index (χ4n) is 0.696. The van der Waals surface area contributed by atoms with Crippen molar-refractivity contribution in [2.24, 2.45) is 0 Å². The van der Waals surface area contributed by atoms with E-state index in [0.717, 1.165) is 17.8 Å². The summed E-state index contributed by atoms with van der Waals surface area (Å²) in [4.78, 5) is 0.159. The number of benzene rings is 1. The van der Waals surface area contributed by atoms with Crippen molar-refractivity contribution in [3.8, 4) is 0 Å². The Morgan fingerprint density at radius 3 is 2.45 bits per heavy atom. The molecule has 0 bridgehead atoms. The van der Waals surface area contributed by atoms with Crippen molar-refractivity contribution >= 4 is 23.4 Å². The third kappa shape index (κ3) is 1.65. The van der Waals surface area contributed by atoms with E-state index in [-0.39, 0.29) is 9.92 Å². The van der Waals surface area contributed by atoms with Gasteiger partial charge in [-0.15, -0.1) is 11.8 Å². The summed E-state index contributed by atoms with van der Waals surface area (Å²) in [6, 6.07) is 2.35. The molecule has 0 radical (unpaired) electrons. The second-order valence-electron chi connectivity index (χ2n) is 1.88. The number of hydrogen-bond acceptors (Lipinski definition) is 1. The van der Waals surface area contributed by atoms with Crippen LogP contribution >= 0.6 is 23.4 Å². The van der Waals surface area contributed by atoms with Crippen LogP contribution in [-0.4, -0.2) is 6.26 Å². The topological polar surface area (TPSA) is 0 Å². The normalized spacial score (nSPS) is 10.2. The largest absolute Gasteiger partial charge is 0.204 e. The number of rotatable bonds is 1. The molecular weight excluding hydrogens is 190 g/mol. The Labute approximate surface area is 72.6 Å². The lowest BCUT2D eigenvalue weighted by Gasteiger charge is -2.01. The molecule has 1 aromatic carbocycles. The van der Waals surface area contributed by atoms with Gasteiger partial charge < -0.3 is 0 Å². The van der Waals surface area contributed by atoms with Crippen molar-refractivity contribution in [2.75, 3.05) is 6.26 Å². The minimum absolute atomic E-state index is 0.159. The van der Waals surface area contributed by atoms with Crippen molar-refractivity contribution in [1.82, 2.24) is 0 Å². The molecule has 0 atom stereocenters. The van der Waals surface area contributed by atoms with E-state index in [9.17, 15) is 8.78 Å². The van der Waals surface area contributed by atoms with Gasteiger partial charge in [-0.1, -0.05) is 11.6 Å². The predicted octanol–water partition coefficient (Wildman–Crippen LogP) is 3.34. The zero-order chi connectivity index (χ0) is 8.43. The first-order valence-corrected chi connectivity index (χ1v) is 4.44. The highest BCUT2D eigenvalue weighted by Crippen LogP contribution is 2.29. The van der Waals surface area contributed by atoms with Gasteiger partial charge in [0.05, 0.1) is 9.92 Å². The molecule has 0 saturated carbocycles. The van der Waals surface area contributed by atoms with E-state index in [0.29, 0.717) is 0 Å². The van der Waals surface area contributed by atoms with Crippen LogP contribution in [0.2, 0.25) is 5.02 Å². The molecule has 1 rings (SSSR count). The minimum atomic E-state index is -0.870. The summed E-state index contributed by atoms with van der Waals surface area (Å²) in [7, 11) is 0. The maximum absolute atomic E-state index is 12.8. The van der Waals surface area contributed by atoms with Crippen molar-refractivity contribution in [2.45, 2.75) is 4.90 Å². The molecule has 0 saturated heterocycles. The van der Waals surface area contributed by atoms with Crippen molar-refractivity contribution in [3.05, 3.63) is 28.8 Å². The number of halogens is 3. The van der Waals surface area contributed by atoms with Crippen LogP contribution in [0, 0.1) is 11.6 Å². The molecule has 11 heavy (non-hydrogen) atoms. The summed E-state index contributed by atoms with van der Waals surface area (Å²) < 4.78 is 25.3. The Bertz CT molecular complexity index is 275. The Kier molecular flexibility index (Phi) is 2.73. The Morgan fingerprint density at radius 1 is 1.36 bits per heavy atom. The van der Waals surface area contributed by atoms with Crippen LogP contribution in [0.5, 0.6) is 0 Å². The van der Waals surface area contributed by atoms with Gasteiger partial charge in [0.15, 0.2) is 11.6 Å². The second kappa shape index (κ2) is 3.41. The zero-order valence-corrected chi connectivity index (χ0v) is 7.27. The van der Waals surface area contributed by atoms with Crippen LogP contribution < -0.4 is 0 Å². The summed E-state index contributed by atoms with van der Waals surface area (Å²) >= 11 is 6.66. The maximum Gasteiger partial charge on any atom is 0.173 e. The van der Waals surface area contributed by atoms with Gasteiger partial charge in [0.2, 0.25) is 0 Å². The minimum Gasteiger partial charge on any atom is -0.204 e. The van der Waals surface area contributed by atoms with Crippen LogP contribution in [0.25, 0.3) is 0 Å². The van der Waals surface area contributed by atoms with E-state index in [1.807, 2.05) is 0 Å². The van der Waals surface area contributed by atoms with E-state index >= 15 is 0 Å². The van der Waals surface area contributed by atoms with Gasteiger partial charge >= 0.3 is 0 Å². The van der Waals surface area contributed by atoms with Gasteiger partial charge in [0.1, 0.15) is 0 Å². The van der Waals surface area contributed by atoms with Crippen LogP contribution in [-0.2, 0) is 0 Å². The van der Waals surface area contributed by atoms with E-state index in [4.69, 9.17) is 11.6 Å². The molecule has 0 fully saturated rings. The van der Waals surface area contributed by atoms with Crippen LogP contribution in [0.4, 0.5) is 8.78 Å². The van der Waals surface area contributed by atoms with Crippen molar-refractivity contribution in [1.29, 1.82) is 0 Å². The molecule has 1 aromatic rings. The number of hydrogen-bond donors (Lipinski definition) is 0. The second-order valence-corrected chi connectivity index (χ2v) is 3.10. The lowest BCUT2D eigenvalue weighted by molar-refractivity contribution is 0.492. The Morgan fingerprint density at radius 2 is 2.00 bits per heavy atom.